The molecule has 3 aromatic carbocycles. The number of ether oxygens (including phenoxy) is 2. The molecule has 25 heavy (non-hydrogen) atoms. The Balaban J connectivity index is 1.51. The standard InChI is InChI=1S/C22H18O3/c23-22-19-12-11-18(24-14-16-7-3-1-4-8-16)13-21(19)25-15-20(22)17-9-5-2-6-10-17/h1-13,20H,14-15H2. The van der Waals surface area contributed by atoms with E-state index in [-0.39, 0.29) is 11.7 Å². The molecular weight excluding hydrogens is 312 g/mol. The van der Waals surface area contributed by atoms with Crippen molar-refractivity contribution in [1.29, 1.82) is 0 Å². The van der Waals surface area contributed by atoms with E-state index in [1.54, 1.807) is 12.1 Å². The molecule has 0 saturated carbocycles. The SMILES string of the molecule is O=C1c2ccc(OCc3ccccc3)cc2OCC1c1ccccc1. The zero-order valence-electron chi connectivity index (χ0n) is 13.7. The summed E-state index contributed by atoms with van der Waals surface area (Å²) in [4.78, 5) is 12.8. The maximum atomic E-state index is 12.8. The lowest BCUT2D eigenvalue weighted by Crippen LogP contribution is -2.26. The number of carbonyl (C=O) groups is 1. The first-order valence-electron chi connectivity index (χ1n) is 8.34. The van der Waals surface area contributed by atoms with Gasteiger partial charge in [0, 0.05) is 6.07 Å². The van der Waals surface area contributed by atoms with Gasteiger partial charge in [0.2, 0.25) is 0 Å². The van der Waals surface area contributed by atoms with Crippen LogP contribution in [-0.4, -0.2) is 12.4 Å². The Hall–Kier alpha value is -3.07. The van der Waals surface area contributed by atoms with E-state index in [4.69, 9.17) is 9.47 Å². The first-order chi connectivity index (χ1) is 12.3. The van der Waals surface area contributed by atoms with Crippen LogP contribution >= 0.6 is 0 Å². The highest BCUT2D eigenvalue weighted by molar-refractivity contribution is 6.04. The zero-order valence-corrected chi connectivity index (χ0v) is 13.7. The second kappa shape index (κ2) is 6.81. The van der Waals surface area contributed by atoms with Gasteiger partial charge >= 0.3 is 0 Å². The van der Waals surface area contributed by atoms with Crippen LogP contribution in [0.2, 0.25) is 0 Å². The first kappa shape index (κ1) is 15.5. The number of rotatable bonds is 4. The van der Waals surface area contributed by atoms with E-state index in [0.717, 1.165) is 11.1 Å². The largest absolute Gasteiger partial charge is 0.492 e. The zero-order chi connectivity index (χ0) is 17.1. The third-order valence-electron chi connectivity index (χ3n) is 4.39. The molecule has 0 spiro atoms. The number of hydrogen-bond acceptors (Lipinski definition) is 3. The van der Waals surface area contributed by atoms with Crippen molar-refractivity contribution in [1.82, 2.24) is 0 Å². The number of benzene rings is 3. The van der Waals surface area contributed by atoms with Gasteiger partial charge in [0.25, 0.3) is 0 Å². The fraction of sp³-hybridized carbons (Fsp3) is 0.136. The molecule has 0 radical (unpaired) electrons. The molecule has 3 aromatic rings. The van der Waals surface area contributed by atoms with Gasteiger partial charge in [0.05, 0.1) is 11.5 Å². The van der Waals surface area contributed by atoms with Crippen molar-refractivity contribution in [3.8, 4) is 11.5 Å². The molecule has 0 saturated heterocycles. The topological polar surface area (TPSA) is 35.5 Å². The average molecular weight is 330 g/mol. The highest BCUT2D eigenvalue weighted by Gasteiger charge is 2.30. The number of Topliss-reactive ketones (excluding diaryl/α,β-unsaturated/α-hetero) is 1. The van der Waals surface area contributed by atoms with Crippen molar-refractivity contribution >= 4 is 5.78 Å². The van der Waals surface area contributed by atoms with Gasteiger partial charge < -0.3 is 9.47 Å². The Morgan fingerprint density at radius 2 is 1.64 bits per heavy atom. The summed E-state index contributed by atoms with van der Waals surface area (Å²) in [7, 11) is 0. The van der Waals surface area contributed by atoms with Gasteiger partial charge in [0.1, 0.15) is 24.7 Å². The van der Waals surface area contributed by atoms with Gasteiger partial charge in [-0.3, -0.25) is 4.79 Å². The lowest BCUT2D eigenvalue weighted by atomic mass is 9.89. The average Bonchev–Trinajstić information content (AvgIpc) is 2.68. The highest BCUT2D eigenvalue weighted by atomic mass is 16.5. The Kier molecular flexibility index (Phi) is 4.21. The Morgan fingerprint density at radius 1 is 0.920 bits per heavy atom. The first-order valence-corrected chi connectivity index (χ1v) is 8.34. The van der Waals surface area contributed by atoms with Crippen LogP contribution in [0.5, 0.6) is 11.5 Å². The van der Waals surface area contributed by atoms with Crippen molar-refractivity contribution < 1.29 is 14.3 Å². The Labute approximate surface area is 146 Å². The van der Waals surface area contributed by atoms with E-state index in [1.165, 1.54) is 0 Å². The van der Waals surface area contributed by atoms with Gasteiger partial charge in [-0.15, -0.1) is 0 Å². The molecule has 1 unspecified atom stereocenters. The molecule has 0 aliphatic carbocycles. The maximum absolute atomic E-state index is 12.8. The number of hydrogen-bond donors (Lipinski definition) is 0. The molecule has 0 amide bonds. The van der Waals surface area contributed by atoms with Crippen molar-refractivity contribution in [3.63, 3.8) is 0 Å². The summed E-state index contributed by atoms with van der Waals surface area (Å²) in [6.45, 7) is 0.845. The molecule has 4 rings (SSSR count). The lowest BCUT2D eigenvalue weighted by Gasteiger charge is -2.24. The van der Waals surface area contributed by atoms with Crippen LogP contribution in [0.1, 0.15) is 27.4 Å². The second-order valence-electron chi connectivity index (χ2n) is 6.07. The third kappa shape index (κ3) is 3.26. The summed E-state index contributed by atoms with van der Waals surface area (Å²) in [6, 6.07) is 25.2. The number of fused-ring (bicyclic) bond motifs is 1. The summed E-state index contributed by atoms with van der Waals surface area (Å²) in [5.74, 6) is 1.16. The van der Waals surface area contributed by atoms with Gasteiger partial charge in [-0.05, 0) is 23.3 Å². The predicted octanol–water partition coefficient (Wildman–Crippen LogP) is 4.62. The van der Waals surface area contributed by atoms with Crippen molar-refractivity contribution in [3.05, 3.63) is 95.6 Å². The molecule has 124 valence electrons. The van der Waals surface area contributed by atoms with Crippen molar-refractivity contribution in [2.45, 2.75) is 12.5 Å². The van der Waals surface area contributed by atoms with Crippen LogP contribution in [0.4, 0.5) is 0 Å². The molecule has 1 aliphatic rings. The summed E-state index contributed by atoms with van der Waals surface area (Å²) >= 11 is 0. The van der Waals surface area contributed by atoms with Crippen LogP contribution in [0, 0.1) is 0 Å². The molecule has 0 fully saturated rings. The van der Waals surface area contributed by atoms with Crippen molar-refractivity contribution in [2.24, 2.45) is 0 Å². The summed E-state index contributed by atoms with van der Waals surface area (Å²) < 4.78 is 11.7. The van der Waals surface area contributed by atoms with Gasteiger partial charge in [-0.1, -0.05) is 60.7 Å². The second-order valence-corrected chi connectivity index (χ2v) is 6.07. The summed E-state index contributed by atoms with van der Waals surface area (Å²) in [6.07, 6.45) is 0. The number of carbonyl (C=O) groups excluding carboxylic acids is 1. The molecule has 0 N–H and O–H groups in total. The summed E-state index contributed by atoms with van der Waals surface area (Å²) in [5.41, 5.74) is 2.70. The molecule has 3 nitrogen and oxygen atoms in total. The molecule has 3 heteroatoms. The van der Waals surface area contributed by atoms with E-state index in [0.29, 0.717) is 30.3 Å². The van der Waals surface area contributed by atoms with E-state index in [2.05, 4.69) is 0 Å². The minimum Gasteiger partial charge on any atom is -0.492 e. The predicted molar refractivity (Wildman–Crippen MR) is 96.2 cm³/mol. The van der Waals surface area contributed by atoms with E-state index in [1.807, 2.05) is 66.7 Å². The fourth-order valence-electron chi connectivity index (χ4n) is 3.03. The van der Waals surface area contributed by atoms with Gasteiger partial charge in [0.15, 0.2) is 5.78 Å². The van der Waals surface area contributed by atoms with Gasteiger partial charge in [-0.25, -0.2) is 0 Å². The summed E-state index contributed by atoms with van der Waals surface area (Å²) in [5, 5.41) is 0. The molecular formula is C22H18O3. The van der Waals surface area contributed by atoms with Crippen LogP contribution in [-0.2, 0) is 6.61 Å². The van der Waals surface area contributed by atoms with Crippen LogP contribution in [0.15, 0.2) is 78.9 Å². The number of ketones is 1. The van der Waals surface area contributed by atoms with Crippen LogP contribution in [0.3, 0.4) is 0 Å². The quantitative estimate of drug-likeness (QED) is 0.700. The van der Waals surface area contributed by atoms with Crippen LogP contribution in [0.25, 0.3) is 0 Å². The Morgan fingerprint density at radius 3 is 2.40 bits per heavy atom. The van der Waals surface area contributed by atoms with Gasteiger partial charge in [-0.2, -0.15) is 0 Å². The molecule has 1 aliphatic heterocycles. The van der Waals surface area contributed by atoms with Crippen molar-refractivity contribution in [2.75, 3.05) is 6.61 Å². The molecule has 0 bridgehead atoms. The fourth-order valence-corrected chi connectivity index (χ4v) is 3.03. The minimum absolute atomic E-state index is 0.0991. The molecule has 0 aromatic heterocycles. The smallest absolute Gasteiger partial charge is 0.177 e. The molecule has 1 atom stereocenters. The lowest BCUT2D eigenvalue weighted by molar-refractivity contribution is 0.0896. The maximum Gasteiger partial charge on any atom is 0.177 e. The van der Waals surface area contributed by atoms with E-state index in [9.17, 15) is 4.79 Å². The monoisotopic (exact) mass is 330 g/mol. The third-order valence-corrected chi connectivity index (χ3v) is 4.39. The highest BCUT2D eigenvalue weighted by Crippen LogP contribution is 2.35. The van der Waals surface area contributed by atoms with Crippen LogP contribution < -0.4 is 9.47 Å². The van der Waals surface area contributed by atoms with E-state index >= 15 is 0 Å². The minimum atomic E-state index is -0.246. The normalized spacial score (nSPS) is 16.0. The van der Waals surface area contributed by atoms with E-state index < -0.39 is 0 Å². The molecule has 1 heterocycles. The Bertz CT molecular complexity index is 872.